The molecule has 40 heavy (non-hydrogen) atoms. The number of amides is 2. The van der Waals surface area contributed by atoms with Crippen LogP contribution in [0.25, 0.3) is 0 Å². The van der Waals surface area contributed by atoms with Gasteiger partial charge in [-0.05, 0) is 77.0 Å². The van der Waals surface area contributed by atoms with Crippen LogP contribution >= 0.6 is 37.2 Å². The Kier molecular flexibility index (Phi) is 12.2. The van der Waals surface area contributed by atoms with E-state index in [0.717, 1.165) is 81.7 Å². The molecule has 222 valence electrons. The van der Waals surface area contributed by atoms with Crippen molar-refractivity contribution in [1.29, 1.82) is 0 Å². The molecule has 2 amide bonds. The van der Waals surface area contributed by atoms with Gasteiger partial charge in [-0.25, -0.2) is 14.4 Å². The minimum atomic E-state index is -0.256. The highest BCUT2D eigenvalue weighted by molar-refractivity contribution is 5.96. The number of hydrogen-bond acceptors (Lipinski definition) is 5. The number of halogens is 4. The number of carbonyl (C=O) groups excluding carboxylic acids is 2. The Balaban J connectivity index is 0.00000187. The lowest BCUT2D eigenvalue weighted by atomic mass is 9.85. The first kappa shape index (κ1) is 34.2. The van der Waals surface area contributed by atoms with E-state index in [1.807, 2.05) is 29.7 Å². The van der Waals surface area contributed by atoms with E-state index >= 15 is 0 Å². The topological polar surface area (TPSA) is 69.6 Å². The number of nitrogens with zero attached hydrogens (tertiary/aromatic N) is 5. The zero-order chi connectivity index (χ0) is 26.2. The third-order valence-corrected chi connectivity index (χ3v) is 8.69. The summed E-state index contributed by atoms with van der Waals surface area (Å²) < 4.78 is 13.8. The molecule has 1 aromatic carbocycles. The molecule has 1 aliphatic carbocycles. The van der Waals surface area contributed by atoms with Gasteiger partial charge in [0.05, 0.1) is 17.0 Å². The Bertz CT molecular complexity index is 1150. The average molecular weight is 617 g/mol. The van der Waals surface area contributed by atoms with Crippen LogP contribution in [0.4, 0.5) is 4.39 Å². The third-order valence-electron chi connectivity index (χ3n) is 8.69. The smallest absolute Gasteiger partial charge is 0.257 e. The van der Waals surface area contributed by atoms with Crippen molar-refractivity contribution in [3.63, 3.8) is 0 Å². The van der Waals surface area contributed by atoms with Crippen molar-refractivity contribution in [2.45, 2.75) is 77.4 Å². The van der Waals surface area contributed by atoms with Crippen LogP contribution in [0.2, 0.25) is 0 Å². The molecule has 0 bridgehead atoms. The summed E-state index contributed by atoms with van der Waals surface area (Å²) >= 11 is 0. The van der Waals surface area contributed by atoms with Gasteiger partial charge >= 0.3 is 0 Å². The maximum absolute atomic E-state index is 13.8. The summed E-state index contributed by atoms with van der Waals surface area (Å²) in [5.41, 5.74) is 2.99. The molecule has 2 aliphatic heterocycles. The zero-order valence-electron chi connectivity index (χ0n) is 23.5. The number of hydrogen-bond donors (Lipinski definition) is 0. The standard InChI is InChI=1S/C29H38FN5O2.3ClH/c1-20-26(21(2)32-19-31-20)28(37)33-15-11-29(3,12-16-33)34-13-9-25(10-14-34)35(27(36)23-7-8-23)18-22-5-4-6-24(30)17-22;;;/h4-6,17,19,23,25H,7-16,18H2,1-3H3;3*1H. The van der Waals surface area contributed by atoms with E-state index in [1.54, 1.807) is 12.1 Å². The monoisotopic (exact) mass is 615 g/mol. The van der Waals surface area contributed by atoms with Gasteiger partial charge in [-0.1, -0.05) is 12.1 Å². The number of piperidine rings is 2. The van der Waals surface area contributed by atoms with Gasteiger partial charge in [0, 0.05) is 50.2 Å². The SMILES string of the molecule is Cc1ncnc(C)c1C(=O)N1CCC(C)(N2CCC(N(Cc3cccc(F)c3)C(=O)C3CC3)CC2)CC1.Cl.Cl.Cl. The zero-order valence-corrected chi connectivity index (χ0v) is 25.9. The van der Waals surface area contributed by atoms with Gasteiger partial charge in [0.1, 0.15) is 12.1 Å². The normalized spacial score (nSPS) is 19.1. The van der Waals surface area contributed by atoms with Gasteiger partial charge in [-0.2, -0.15) is 0 Å². The van der Waals surface area contributed by atoms with E-state index in [-0.39, 0.29) is 72.4 Å². The summed E-state index contributed by atoms with van der Waals surface area (Å²) in [5, 5.41) is 0. The van der Waals surface area contributed by atoms with Gasteiger partial charge in [-0.15, -0.1) is 37.2 Å². The van der Waals surface area contributed by atoms with E-state index in [4.69, 9.17) is 0 Å². The highest BCUT2D eigenvalue weighted by atomic mass is 35.5. The van der Waals surface area contributed by atoms with Gasteiger partial charge in [0.25, 0.3) is 5.91 Å². The van der Waals surface area contributed by atoms with Crippen molar-refractivity contribution < 1.29 is 14.0 Å². The van der Waals surface area contributed by atoms with Gasteiger partial charge in [0.2, 0.25) is 5.91 Å². The first-order chi connectivity index (χ1) is 17.7. The molecule has 3 heterocycles. The van der Waals surface area contributed by atoms with E-state index in [0.29, 0.717) is 12.1 Å². The van der Waals surface area contributed by atoms with Crippen LogP contribution in [0, 0.1) is 25.6 Å². The largest absolute Gasteiger partial charge is 0.338 e. The fourth-order valence-corrected chi connectivity index (χ4v) is 6.07. The summed E-state index contributed by atoms with van der Waals surface area (Å²) in [4.78, 5) is 41.4. The molecule has 0 atom stereocenters. The van der Waals surface area contributed by atoms with Crippen LogP contribution in [-0.4, -0.2) is 74.2 Å². The Labute approximate surface area is 255 Å². The number of benzene rings is 1. The predicted molar refractivity (Wildman–Crippen MR) is 161 cm³/mol. The fraction of sp³-hybridized carbons (Fsp3) is 0.586. The second kappa shape index (κ2) is 14.3. The number of likely N-dealkylation sites (tertiary alicyclic amines) is 2. The molecular formula is C29H41Cl3FN5O2. The first-order valence-corrected chi connectivity index (χ1v) is 13.6. The Morgan fingerprint density at radius 1 is 0.975 bits per heavy atom. The minimum absolute atomic E-state index is 0. The minimum Gasteiger partial charge on any atom is -0.338 e. The summed E-state index contributed by atoms with van der Waals surface area (Å²) in [7, 11) is 0. The fourth-order valence-electron chi connectivity index (χ4n) is 6.07. The van der Waals surface area contributed by atoms with Crippen molar-refractivity contribution in [1.82, 2.24) is 24.7 Å². The van der Waals surface area contributed by atoms with Crippen LogP contribution in [0.3, 0.4) is 0 Å². The molecule has 0 N–H and O–H groups in total. The molecule has 0 radical (unpaired) electrons. The highest BCUT2D eigenvalue weighted by Crippen LogP contribution is 2.36. The van der Waals surface area contributed by atoms with Crippen molar-refractivity contribution in [3.8, 4) is 0 Å². The number of carbonyl (C=O) groups is 2. The summed E-state index contributed by atoms with van der Waals surface area (Å²) in [6.45, 7) is 9.82. The van der Waals surface area contributed by atoms with Gasteiger partial charge < -0.3 is 9.80 Å². The lowest BCUT2D eigenvalue weighted by Crippen LogP contribution is -2.58. The van der Waals surface area contributed by atoms with Crippen LogP contribution in [0.15, 0.2) is 30.6 Å². The molecule has 7 nitrogen and oxygen atoms in total. The maximum Gasteiger partial charge on any atom is 0.257 e. The molecule has 3 aliphatic rings. The molecule has 1 saturated carbocycles. The summed E-state index contributed by atoms with van der Waals surface area (Å²) in [5.74, 6) is 0.154. The molecule has 2 saturated heterocycles. The molecule has 0 spiro atoms. The van der Waals surface area contributed by atoms with Crippen LogP contribution in [0.1, 0.15) is 72.8 Å². The van der Waals surface area contributed by atoms with Crippen molar-refractivity contribution in [3.05, 3.63) is 58.9 Å². The first-order valence-electron chi connectivity index (χ1n) is 13.6. The van der Waals surface area contributed by atoms with E-state index in [9.17, 15) is 14.0 Å². The third kappa shape index (κ3) is 7.44. The number of rotatable bonds is 6. The predicted octanol–water partition coefficient (Wildman–Crippen LogP) is 5.40. The Morgan fingerprint density at radius 3 is 2.12 bits per heavy atom. The Morgan fingerprint density at radius 2 is 1.57 bits per heavy atom. The molecule has 0 unspecified atom stereocenters. The lowest BCUT2D eigenvalue weighted by molar-refractivity contribution is -0.137. The molecule has 2 aromatic rings. The second-order valence-electron chi connectivity index (χ2n) is 11.3. The summed E-state index contributed by atoms with van der Waals surface area (Å²) in [6.07, 6.45) is 7.14. The van der Waals surface area contributed by atoms with Gasteiger partial charge in [-0.3, -0.25) is 14.5 Å². The van der Waals surface area contributed by atoms with Crippen LogP contribution < -0.4 is 0 Å². The Hall–Kier alpha value is -2.00. The van der Waals surface area contributed by atoms with E-state index in [2.05, 4.69) is 21.8 Å². The molecule has 11 heteroatoms. The average Bonchev–Trinajstić information content (AvgIpc) is 3.73. The second-order valence-corrected chi connectivity index (χ2v) is 11.3. The maximum atomic E-state index is 13.8. The highest BCUT2D eigenvalue weighted by Gasteiger charge is 2.42. The van der Waals surface area contributed by atoms with E-state index < -0.39 is 0 Å². The molecular weight excluding hydrogens is 576 g/mol. The van der Waals surface area contributed by atoms with E-state index in [1.165, 1.54) is 12.4 Å². The number of aromatic nitrogens is 2. The van der Waals surface area contributed by atoms with Crippen LogP contribution in [0.5, 0.6) is 0 Å². The molecule has 1 aromatic heterocycles. The quantitative estimate of drug-likeness (QED) is 0.435. The summed E-state index contributed by atoms with van der Waals surface area (Å²) in [6, 6.07) is 6.81. The van der Waals surface area contributed by atoms with Crippen molar-refractivity contribution in [2.24, 2.45) is 5.92 Å². The van der Waals surface area contributed by atoms with Gasteiger partial charge in [0.15, 0.2) is 0 Å². The molecule has 5 rings (SSSR count). The van der Waals surface area contributed by atoms with Crippen molar-refractivity contribution in [2.75, 3.05) is 26.2 Å². The molecule has 3 fully saturated rings. The van der Waals surface area contributed by atoms with Crippen molar-refractivity contribution >= 4 is 49.0 Å². The number of aryl methyl sites for hydroxylation is 2. The van der Waals surface area contributed by atoms with Crippen LogP contribution in [-0.2, 0) is 11.3 Å². The lowest BCUT2D eigenvalue weighted by Gasteiger charge is -2.50.